The fourth-order valence-electron chi connectivity index (χ4n) is 3.42. The number of rotatable bonds is 4. The van der Waals surface area contributed by atoms with Crippen LogP contribution < -0.4 is 0 Å². The molecule has 1 saturated heterocycles. The zero-order chi connectivity index (χ0) is 20.7. The lowest BCUT2D eigenvalue weighted by Crippen LogP contribution is -2.40. The molecule has 0 unspecified atom stereocenters. The maximum absolute atomic E-state index is 13.0. The van der Waals surface area contributed by atoms with E-state index < -0.39 is 10.0 Å². The summed E-state index contributed by atoms with van der Waals surface area (Å²) in [6.45, 7) is 3.30. The number of sulfonamides is 1. The standard InChI is InChI=1S/C20H18N4O5S/c1-13-15-12-14(30(25,26)24-8-10-27-11-9-24)5-6-17(15)28-18(13)20-22-19(23-29-20)16-4-2-3-7-21-16/h2-7,12H,8-11H2,1H3. The molecule has 0 spiro atoms. The maximum Gasteiger partial charge on any atom is 0.294 e. The smallest absolute Gasteiger partial charge is 0.294 e. The Kier molecular flexibility index (Phi) is 4.61. The molecule has 5 rings (SSSR count). The molecule has 0 amide bonds. The van der Waals surface area contributed by atoms with Gasteiger partial charge in [-0.2, -0.15) is 9.29 Å². The summed E-state index contributed by atoms with van der Waals surface area (Å²) >= 11 is 0. The number of aromatic nitrogens is 3. The van der Waals surface area contributed by atoms with Crippen LogP contribution in [0.5, 0.6) is 0 Å². The number of morpholine rings is 1. The van der Waals surface area contributed by atoms with Crippen molar-refractivity contribution < 1.29 is 22.1 Å². The lowest BCUT2D eigenvalue weighted by molar-refractivity contribution is 0.0730. The van der Waals surface area contributed by atoms with Gasteiger partial charge >= 0.3 is 0 Å². The van der Waals surface area contributed by atoms with Crippen LogP contribution in [0.15, 0.2) is 56.4 Å². The minimum Gasteiger partial charge on any atom is -0.451 e. The van der Waals surface area contributed by atoms with Crippen LogP contribution in [0.4, 0.5) is 0 Å². The van der Waals surface area contributed by atoms with Gasteiger partial charge in [-0.1, -0.05) is 11.2 Å². The summed E-state index contributed by atoms with van der Waals surface area (Å²) in [4.78, 5) is 8.80. The third-order valence-corrected chi connectivity index (χ3v) is 6.92. The molecule has 154 valence electrons. The number of ether oxygens (including phenoxy) is 1. The predicted octanol–water partition coefficient (Wildman–Crippen LogP) is 2.87. The molecule has 1 aromatic carbocycles. The molecule has 9 nitrogen and oxygen atoms in total. The summed E-state index contributed by atoms with van der Waals surface area (Å²) in [5, 5.41) is 4.65. The molecule has 0 atom stereocenters. The van der Waals surface area contributed by atoms with Crippen molar-refractivity contribution in [1.29, 1.82) is 0 Å². The Balaban J connectivity index is 1.53. The molecule has 10 heteroatoms. The second kappa shape index (κ2) is 7.31. The highest BCUT2D eigenvalue weighted by Gasteiger charge is 2.28. The van der Waals surface area contributed by atoms with Gasteiger partial charge in [0.1, 0.15) is 11.3 Å². The Bertz CT molecular complexity index is 1310. The molecule has 3 aromatic heterocycles. The Morgan fingerprint density at radius 1 is 1.10 bits per heavy atom. The van der Waals surface area contributed by atoms with E-state index in [0.29, 0.717) is 54.6 Å². The van der Waals surface area contributed by atoms with E-state index in [1.807, 2.05) is 13.0 Å². The summed E-state index contributed by atoms with van der Waals surface area (Å²) in [7, 11) is -3.61. The van der Waals surface area contributed by atoms with E-state index in [9.17, 15) is 8.42 Å². The van der Waals surface area contributed by atoms with Gasteiger partial charge in [-0.3, -0.25) is 4.98 Å². The second-order valence-electron chi connectivity index (χ2n) is 6.87. The number of aryl methyl sites for hydroxylation is 1. The molecule has 4 aromatic rings. The van der Waals surface area contributed by atoms with Crippen LogP contribution in [0.3, 0.4) is 0 Å². The molecule has 1 fully saturated rings. The van der Waals surface area contributed by atoms with Gasteiger partial charge in [0.25, 0.3) is 5.89 Å². The van der Waals surface area contributed by atoms with E-state index in [2.05, 4.69) is 15.1 Å². The Hall–Kier alpha value is -3.08. The van der Waals surface area contributed by atoms with E-state index in [1.54, 1.807) is 36.5 Å². The Morgan fingerprint density at radius 2 is 1.93 bits per heavy atom. The number of benzene rings is 1. The second-order valence-corrected chi connectivity index (χ2v) is 8.81. The Labute approximate surface area is 172 Å². The van der Waals surface area contributed by atoms with Gasteiger partial charge in [-0.15, -0.1) is 0 Å². The summed E-state index contributed by atoms with van der Waals surface area (Å²) in [5.74, 6) is 0.962. The van der Waals surface area contributed by atoms with Crippen molar-refractivity contribution in [2.75, 3.05) is 26.3 Å². The maximum atomic E-state index is 13.0. The first-order valence-corrected chi connectivity index (χ1v) is 10.8. The summed E-state index contributed by atoms with van der Waals surface area (Å²) in [6, 6.07) is 10.2. The molecule has 0 radical (unpaired) electrons. The average Bonchev–Trinajstić information content (AvgIpc) is 3.40. The molecular weight excluding hydrogens is 408 g/mol. The zero-order valence-electron chi connectivity index (χ0n) is 16.1. The topological polar surface area (TPSA) is 112 Å². The molecular formula is C20H18N4O5S. The lowest BCUT2D eigenvalue weighted by Gasteiger charge is -2.26. The van der Waals surface area contributed by atoms with E-state index in [0.717, 1.165) is 5.56 Å². The number of furan rings is 1. The minimum atomic E-state index is -3.61. The fraction of sp³-hybridized carbons (Fsp3) is 0.250. The van der Waals surface area contributed by atoms with E-state index in [-0.39, 0.29) is 10.8 Å². The van der Waals surface area contributed by atoms with Crippen LogP contribution in [0.1, 0.15) is 5.56 Å². The average molecular weight is 426 g/mol. The van der Waals surface area contributed by atoms with Crippen molar-refractivity contribution in [2.24, 2.45) is 0 Å². The highest BCUT2D eigenvalue weighted by atomic mass is 32.2. The van der Waals surface area contributed by atoms with Crippen LogP contribution in [0.25, 0.3) is 34.1 Å². The predicted molar refractivity (Wildman–Crippen MR) is 107 cm³/mol. The van der Waals surface area contributed by atoms with Crippen molar-refractivity contribution in [3.63, 3.8) is 0 Å². The van der Waals surface area contributed by atoms with E-state index in [1.165, 1.54) is 4.31 Å². The van der Waals surface area contributed by atoms with Crippen LogP contribution in [-0.4, -0.2) is 54.2 Å². The molecule has 4 heterocycles. The summed E-state index contributed by atoms with van der Waals surface area (Å²) < 4.78 is 43.9. The van der Waals surface area contributed by atoms with Gasteiger partial charge < -0.3 is 13.7 Å². The Morgan fingerprint density at radius 3 is 2.70 bits per heavy atom. The molecule has 30 heavy (non-hydrogen) atoms. The first-order valence-electron chi connectivity index (χ1n) is 9.40. The molecule has 0 N–H and O–H groups in total. The van der Waals surface area contributed by atoms with Crippen molar-refractivity contribution in [3.05, 3.63) is 48.2 Å². The molecule has 1 aliphatic rings. The molecule has 0 aliphatic carbocycles. The number of pyridine rings is 1. The first-order chi connectivity index (χ1) is 14.5. The van der Waals surface area contributed by atoms with Crippen LogP contribution in [-0.2, 0) is 14.8 Å². The van der Waals surface area contributed by atoms with Crippen molar-refractivity contribution in [1.82, 2.24) is 19.4 Å². The fourth-order valence-corrected chi connectivity index (χ4v) is 4.85. The number of fused-ring (bicyclic) bond motifs is 1. The first kappa shape index (κ1) is 18.9. The third kappa shape index (κ3) is 3.18. The highest BCUT2D eigenvalue weighted by Crippen LogP contribution is 2.34. The molecule has 1 aliphatic heterocycles. The van der Waals surface area contributed by atoms with Gasteiger partial charge in [-0.05, 0) is 37.3 Å². The van der Waals surface area contributed by atoms with Crippen LogP contribution >= 0.6 is 0 Å². The lowest BCUT2D eigenvalue weighted by atomic mass is 10.1. The zero-order valence-corrected chi connectivity index (χ0v) is 16.9. The van der Waals surface area contributed by atoms with Gasteiger partial charge in [0, 0.05) is 30.2 Å². The number of nitrogens with zero attached hydrogens (tertiary/aromatic N) is 4. The molecule has 0 saturated carbocycles. The highest BCUT2D eigenvalue weighted by molar-refractivity contribution is 7.89. The summed E-state index contributed by atoms with van der Waals surface area (Å²) in [5.41, 5.74) is 1.85. The van der Waals surface area contributed by atoms with Gasteiger partial charge in [0.15, 0.2) is 5.76 Å². The van der Waals surface area contributed by atoms with E-state index in [4.69, 9.17) is 13.7 Å². The SMILES string of the molecule is Cc1c(-c2nc(-c3ccccn3)no2)oc2ccc(S(=O)(=O)N3CCOCC3)cc12. The minimum absolute atomic E-state index is 0.210. The number of hydrogen-bond acceptors (Lipinski definition) is 8. The third-order valence-electron chi connectivity index (χ3n) is 5.03. The quantitative estimate of drug-likeness (QED) is 0.490. The van der Waals surface area contributed by atoms with Crippen LogP contribution in [0.2, 0.25) is 0 Å². The van der Waals surface area contributed by atoms with E-state index >= 15 is 0 Å². The van der Waals surface area contributed by atoms with Crippen LogP contribution in [0, 0.1) is 6.92 Å². The monoisotopic (exact) mass is 426 g/mol. The van der Waals surface area contributed by atoms with Crippen molar-refractivity contribution in [3.8, 4) is 23.2 Å². The van der Waals surface area contributed by atoms with Gasteiger partial charge in [0.05, 0.1) is 18.1 Å². The van der Waals surface area contributed by atoms with Gasteiger partial charge in [-0.25, -0.2) is 8.42 Å². The largest absolute Gasteiger partial charge is 0.451 e. The summed E-state index contributed by atoms with van der Waals surface area (Å²) in [6.07, 6.45) is 1.65. The van der Waals surface area contributed by atoms with Crippen molar-refractivity contribution in [2.45, 2.75) is 11.8 Å². The molecule has 0 bridgehead atoms. The van der Waals surface area contributed by atoms with Crippen molar-refractivity contribution >= 4 is 21.0 Å². The number of hydrogen-bond donors (Lipinski definition) is 0. The van der Waals surface area contributed by atoms with Gasteiger partial charge in [0.2, 0.25) is 15.8 Å². The normalized spacial score (nSPS) is 15.6.